The number of aromatic hydroxyl groups is 1. The first-order valence-corrected chi connectivity index (χ1v) is 8.16. The molecule has 0 unspecified atom stereocenters. The fourth-order valence-electron chi connectivity index (χ4n) is 2.23. The van der Waals surface area contributed by atoms with E-state index in [1.54, 1.807) is 30.3 Å². The number of carboxylic acid groups (broad SMARTS) is 1. The van der Waals surface area contributed by atoms with Gasteiger partial charge in [-0.1, -0.05) is 12.1 Å². The Morgan fingerprint density at radius 1 is 1.20 bits per heavy atom. The molecular weight excluding hydrogens is 340 g/mol. The minimum absolute atomic E-state index is 0.162. The molecule has 0 aromatic heterocycles. The number of hydrogen-bond donors (Lipinski definition) is 3. The van der Waals surface area contributed by atoms with Gasteiger partial charge in [0.2, 0.25) is 0 Å². The molecule has 0 atom stereocenters. The Hall–Kier alpha value is -3.06. The number of aliphatic imine (C=N–C) groups is 1. The maximum Gasteiger partial charge on any atom is 0.335 e. The molecule has 0 saturated carbocycles. The third-order valence-corrected chi connectivity index (χ3v) is 4.42. The highest BCUT2D eigenvalue weighted by Gasteiger charge is 2.24. The van der Waals surface area contributed by atoms with E-state index in [1.165, 1.54) is 30.0 Å². The summed E-state index contributed by atoms with van der Waals surface area (Å²) >= 11 is 1.20. The van der Waals surface area contributed by atoms with E-state index in [1.807, 2.05) is 6.92 Å². The van der Waals surface area contributed by atoms with Crippen LogP contribution in [-0.4, -0.2) is 27.3 Å². The van der Waals surface area contributed by atoms with Crippen molar-refractivity contribution in [2.75, 3.05) is 0 Å². The summed E-state index contributed by atoms with van der Waals surface area (Å²) in [7, 11) is 0. The first-order chi connectivity index (χ1) is 11.9. The second-order valence-electron chi connectivity index (χ2n) is 5.38. The van der Waals surface area contributed by atoms with Gasteiger partial charge >= 0.3 is 5.97 Å². The average molecular weight is 354 g/mol. The van der Waals surface area contributed by atoms with Crippen molar-refractivity contribution >= 4 is 40.6 Å². The molecule has 0 aliphatic carbocycles. The molecule has 1 fully saturated rings. The summed E-state index contributed by atoms with van der Waals surface area (Å²) in [5, 5.41) is 21.5. The number of thioether (sulfide) groups is 1. The fourth-order valence-corrected chi connectivity index (χ4v) is 3.06. The van der Waals surface area contributed by atoms with Gasteiger partial charge < -0.3 is 15.5 Å². The minimum atomic E-state index is -0.995. The average Bonchev–Trinajstić information content (AvgIpc) is 2.90. The summed E-state index contributed by atoms with van der Waals surface area (Å²) < 4.78 is 0. The number of phenols is 1. The van der Waals surface area contributed by atoms with Gasteiger partial charge in [-0.05, 0) is 66.2 Å². The van der Waals surface area contributed by atoms with Crippen LogP contribution in [0.15, 0.2) is 52.4 Å². The molecule has 1 aliphatic heterocycles. The van der Waals surface area contributed by atoms with E-state index in [4.69, 9.17) is 5.11 Å². The predicted molar refractivity (Wildman–Crippen MR) is 97.1 cm³/mol. The maximum absolute atomic E-state index is 12.1. The molecule has 0 spiro atoms. The lowest BCUT2D eigenvalue weighted by Crippen LogP contribution is -2.19. The topological polar surface area (TPSA) is 99.0 Å². The van der Waals surface area contributed by atoms with Crippen molar-refractivity contribution in [3.63, 3.8) is 0 Å². The van der Waals surface area contributed by atoms with E-state index in [0.29, 0.717) is 15.8 Å². The Morgan fingerprint density at radius 3 is 2.56 bits per heavy atom. The quantitative estimate of drug-likeness (QED) is 0.735. The zero-order chi connectivity index (χ0) is 18.0. The third kappa shape index (κ3) is 3.89. The number of amides is 1. The molecule has 1 heterocycles. The number of hydrogen-bond acceptors (Lipinski definition) is 5. The van der Waals surface area contributed by atoms with Crippen LogP contribution in [-0.2, 0) is 4.79 Å². The number of phenolic OH excluding ortho intramolecular Hbond substituents is 1. The number of carboxylic acids is 1. The van der Waals surface area contributed by atoms with Crippen LogP contribution < -0.4 is 5.32 Å². The smallest absolute Gasteiger partial charge is 0.335 e. The van der Waals surface area contributed by atoms with Crippen LogP contribution >= 0.6 is 11.8 Å². The van der Waals surface area contributed by atoms with E-state index in [0.717, 1.165) is 11.1 Å². The molecule has 1 saturated heterocycles. The minimum Gasteiger partial charge on any atom is -0.508 e. The van der Waals surface area contributed by atoms with E-state index in [-0.39, 0.29) is 17.2 Å². The van der Waals surface area contributed by atoms with Gasteiger partial charge in [-0.25, -0.2) is 9.79 Å². The number of aryl methyl sites for hydroxylation is 1. The van der Waals surface area contributed by atoms with E-state index >= 15 is 0 Å². The lowest BCUT2D eigenvalue weighted by Gasteiger charge is -2.01. The SMILES string of the molecule is Cc1cc(O)ccc1N=C1NC(=O)/C(=C\c2ccc(C(=O)O)cc2)S1. The van der Waals surface area contributed by atoms with Gasteiger partial charge in [-0.2, -0.15) is 0 Å². The van der Waals surface area contributed by atoms with E-state index in [9.17, 15) is 14.7 Å². The molecule has 3 N–H and O–H groups in total. The van der Waals surface area contributed by atoms with Crippen LogP contribution in [0.2, 0.25) is 0 Å². The molecule has 6 nitrogen and oxygen atoms in total. The van der Waals surface area contributed by atoms with Crippen LogP contribution in [0.4, 0.5) is 5.69 Å². The van der Waals surface area contributed by atoms with Crippen molar-refractivity contribution in [3.8, 4) is 5.75 Å². The van der Waals surface area contributed by atoms with Crippen molar-refractivity contribution in [2.45, 2.75) is 6.92 Å². The first-order valence-electron chi connectivity index (χ1n) is 7.35. The summed E-state index contributed by atoms with van der Waals surface area (Å²) in [6.07, 6.45) is 1.68. The summed E-state index contributed by atoms with van der Waals surface area (Å²) in [4.78, 5) is 27.8. The monoisotopic (exact) mass is 354 g/mol. The zero-order valence-electron chi connectivity index (χ0n) is 13.2. The molecule has 126 valence electrons. The van der Waals surface area contributed by atoms with Gasteiger partial charge in [-0.15, -0.1) is 0 Å². The zero-order valence-corrected chi connectivity index (χ0v) is 14.0. The molecule has 0 bridgehead atoms. The van der Waals surface area contributed by atoms with Crippen LogP contribution in [0.1, 0.15) is 21.5 Å². The van der Waals surface area contributed by atoms with E-state index in [2.05, 4.69) is 10.3 Å². The lowest BCUT2D eigenvalue weighted by atomic mass is 10.1. The van der Waals surface area contributed by atoms with Crippen LogP contribution in [0.3, 0.4) is 0 Å². The normalized spacial score (nSPS) is 17.1. The highest BCUT2D eigenvalue weighted by Crippen LogP contribution is 2.30. The molecule has 25 heavy (non-hydrogen) atoms. The second kappa shape index (κ2) is 6.82. The Balaban J connectivity index is 1.82. The third-order valence-electron chi connectivity index (χ3n) is 3.51. The van der Waals surface area contributed by atoms with Gasteiger partial charge in [-0.3, -0.25) is 4.79 Å². The van der Waals surface area contributed by atoms with Crippen molar-refractivity contribution < 1.29 is 19.8 Å². The largest absolute Gasteiger partial charge is 0.508 e. The Labute approximate surface area is 147 Å². The molecule has 2 aromatic carbocycles. The van der Waals surface area contributed by atoms with Gasteiger partial charge in [0.1, 0.15) is 5.75 Å². The van der Waals surface area contributed by atoms with Gasteiger partial charge in [0.15, 0.2) is 5.17 Å². The molecular formula is C18H14N2O4S. The number of nitrogens with zero attached hydrogens (tertiary/aromatic N) is 1. The van der Waals surface area contributed by atoms with Crippen molar-refractivity contribution in [2.24, 2.45) is 4.99 Å². The van der Waals surface area contributed by atoms with Crippen LogP contribution in [0.5, 0.6) is 5.75 Å². The van der Waals surface area contributed by atoms with Gasteiger partial charge in [0.25, 0.3) is 5.91 Å². The Kier molecular flexibility index (Phi) is 4.58. The molecule has 1 aliphatic rings. The molecule has 1 amide bonds. The Morgan fingerprint density at radius 2 is 1.92 bits per heavy atom. The summed E-state index contributed by atoms with van der Waals surface area (Å²) in [5.74, 6) is -1.09. The lowest BCUT2D eigenvalue weighted by molar-refractivity contribution is -0.115. The van der Waals surface area contributed by atoms with Crippen molar-refractivity contribution in [1.82, 2.24) is 5.32 Å². The number of carbonyl (C=O) groups excluding carboxylic acids is 1. The summed E-state index contributed by atoms with van der Waals surface area (Å²) in [6, 6.07) is 11.1. The van der Waals surface area contributed by atoms with Crippen LogP contribution in [0.25, 0.3) is 6.08 Å². The van der Waals surface area contributed by atoms with Gasteiger partial charge in [0.05, 0.1) is 16.2 Å². The maximum atomic E-state index is 12.1. The highest BCUT2D eigenvalue weighted by atomic mass is 32.2. The number of benzene rings is 2. The number of carbonyl (C=O) groups is 2. The number of nitrogens with one attached hydrogen (secondary N) is 1. The standard InChI is InChI=1S/C18H14N2O4S/c1-10-8-13(21)6-7-14(10)19-18-20-16(22)15(25-18)9-11-2-4-12(5-3-11)17(23)24/h2-9,21H,1H3,(H,23,24)(H,19,20,22)/b15-9+. The first kappa shape index (κ1) is 16.8. The van der Waals surface area contributed by atoms with E-state index < -0.39 is 5.97 Å². The van der Waals surface area contributed by atoms with Crippen LogP contribution in [0, 0.1) is 6.92 Å². The van der Waals surface area contributed by atoms with Crippen molar-refractivity contribution in [1.29, 1.82) is 0 Å². The predicted octanol–water partition coefficient (Wildman–Crippen LogP) is 3.29. The number of amidine groups is 1. The molecule has 2 aromatic rings. The molecule has 0 radical (unpaired) electrons. The fraction of sp³-hybridized carbons (Fsp3) is 0.0556. The number of aromatic carboxylic acids is 1. The second-order valence-corrected chi connectivity index (χ2v) is 6.41. The molecule has 7 heteroatoms. The summed E-state index contributed by atoms with van der Waals surface area (Å²) in [5.41, 5.74) is 2.37. The van der Waals surface area contributed by atoms with Gasteiger partial charge in [0, 0.05) is 0 Å². The Bertz CT molecular complexity index is 917. The molecule has 3 rings (SSSR count). The number of rotatable bonds is 3. The highest BCUT2D eigenvalue weighted by molar-refractivity contribution is 8.18. The summed E-state index contributed by atoms with van der Waals surface area (Å²) in [6.45, 7) is 1.82. The van der Waals surface area contributed by atoms with Crippen molar-refractivity contribution in [3.05, 3.63) is 64.1 Å².